The lowest BCUT2D eigenvalue weighted by atomic mass is 10.0. The van der Waals surface area contributed by atoms with Gasteiger partial charge in [-0.1, -0.05) is 23.7 Å². The number of nitrogens with one attached hydrogen (secondary N) is 1. The molecular formula is C12H17ClN2. The highest BCUT2D eigenvalue weighted by Gasteiger charge is 2.21. The maximum atomic E-state index is 6.23. The molecule has 2 nitrogen and oxygen atoms in total. The largest absolute Gasteiger partial charge is 0.376 e. The lowest BCUT2D eigenvalue weighted by Gasteiger charge is -2.22. The highest BCUT2D eigenvalue weighted by Crippen LogP contribution is 2.35. The Morgan fingerprint density at radius 3 is 2.80 bits per heavy atom. The summed E-state index contributed by atoms with van der Waals surface area (Å²) < 4.78 is 0. The van der Waals surface area contributed by atoms with Crippen LogP contribution in [0, 0.1) is 0 Å². The summed E-state index contributed by atoms with van der Waals surface area (Å²) in [5.74, 6) is 0. The Labute approximate surface area is 96.2 Å². The van der Waals surface area contributed by atoms with Crippen molar-refractivity contribution >= 4 is 17.3 Å². The van der Waals surface area contributed by atoms with Crippen LogP contribution in [0.15, 0.2) is 18.2 Å². The number of benzene rings is 1. The molecule has 1 aliphatic rings. The van der Waals surface area contributed by atoms with Crippen LogP contribution in [0.2, 0.25) is 5.02 Å². The Kier molecular flexibility index (Phi) is 3.17. The molecular weight excluding hydrogens is 208 g/mol. The minimum absolute atomic E-state index is 0.473. The van der Waals surface area contributed by atoms with Crippen LogP contribution in [0.25, 0.3) is 0 Å². The van der Waals surface area contributed by atoms with E-state index in [0.717, 1.165) is 17.3 Å². The quantitative estimate of drug-likeness (QED) is 0.831. The number of rotatable bonds is 2. The Hall–Kier alpha value is -0.730. The van der Waals surface area contributed by atoms with Crippen molar-refractivity contribution in [2.45, 2.75) is 18.9 Å². The molecule has 1 atom stereocenters. The molecule has 1 aromatic rings. The number of anilines is 1. The van der Waals surface area contributed by atoms with Gasteiger partial charge in [0, 0.05) is 20.1 Å². The predicted molar refractivity (Wildman–Crippen MR) is 65.8 cm³/mol. The molecule has 0 radical (unpaired) electrons. The maximum Gasteiger partial charge on any atom is 0.0642 e. The third-order valence-electron chi connectivity index (χ3n) is 2.90. The molecule has 0 aliphatic carbocycles. The van der Waals surface area contributed by atoms with Gasteiger partial charge in [-0.25, -0.2) is 0 Å². The highest BCUT2D eigenvalue weighted by molar-refractivity contribution is 6.33. The Balaban J connectivity index is 2.40. The lowest BCUT2D eigenvalue weighted by Crippen LogP contribution is -2.18. The van der Waals surface area contributed by atoms with E-state index >= 15 is 0 Å². The molecule has 1 fully saturated rings. The molecule has 2 rings (SSSR count). The van der Waals surface area contributed by atoms with E-state index in [9.17, 15) is 0 Å². The molecule has 1 unspecified atom stereocenters. The van der Waals surface area contributed by atoms with Gasteiger partial charge in [-0.05, 0) is 31.0 Å². The molecule has 1 aromatic carbocycles. The van der Waals surface area contributed by atoms with Crippen LogP contribution in [0.1, 0.15) is 24.4 Å². The van der Waals surface area contributed by atoms with Gasteiger partial charge in [-0.2, -0.15) is 0 Å². The molecule has 0 spiro atoms. The Morgan fingerprint density at radius 2 is 2.20 bits per heavy atom. The van der Waals surface area contributed by atoms with Crippen LogP contribution in [-0.4, -0.2) is 20.6 Å². The SMILES string of the molecule is CN(C)c1c(Cl)cccc1C1CCCN1. The predicted octanol–water partition coefficient (Wildman–Crippen LogP) is 2.83. The minimum Gasteiger partial charge on any atom is -0.376 e. The van der Waals surface area contributed by atoms with Crippen molar-refractivity contribution in [3.63, 3.8) is 0 Å². The fourth-order valence-electron chi connectivity index (χ4n) is 2.24. The van der Waals surface area contributed by atoms with Crippen molar-refractivity contribution in [3.05, 3.63) is 28.8 Å². The third-order valence-corrected chi connectivity index (χ3v) is 3.21. The van der Waals surface area contributed by atoms with Gasteiger partial charge in [-0.15, -0.1) is 0 Å². The number of para-hydroxylation sites is 1. The van der Waals surface area contributed by atoms with E-state index in [-0.39, 0.29) is 0 Å². The number of hydrogen-bond acceptors (Lipinski definition) is 2. The summed E-state index contributed by atoms with van der Waals surface area (Å²) >= 11 is 6.23. The summed E-state index contributed by atoms with van der Waals surface area (Å²) in [4.78, 5) is 2.09. The van der Waals surface area contributed by atoms with Gasteiger partial charge in [0.05, 0.1) is 10.7 Å². The van der Waals surface area contributed by atoms with Crippen molar-refractivity contribution in [3.8, 4) is 0 Å². The summed E-state index contributed by atoms with van der Waals surface area (Å²) in [7, 11) is 4.08. The van der Waals surface area contributed by atoms with E-state index in [1.807, 2.05) is 26.2 Å². The van der Waals surface area contributed by atoms with Crippen molar-refractivity contribution in [1.29, 1.82) is 0 Å². The van der Waals surface area contributed by atoms with E-state index < -0.39 is 0 Å². The zero-order valence-electron chi connectivity index (χ0n) is 9.26. The first-order valence-electron chi connectivity index (χ1n) is 5.39. The summed E-state index contributed by atoms with van der Waals surface area (Å²) in [6, 6.07) is 6.63. The molecule has 0 amide bonds. The number of halogens is 1. The van der Waals surface area contributed by atoms with Crippen molar-refractivity contribution in [1.82, 2.24) is 5.32 Å². The molecule has 0 bridgehead atoms. The summed E-state index contributed by atoms with van der Waals surface area (Å²) in [5.41, 5.74) is 2.48. The van der Waals surface area contributed by atoms with Crippen LogP contribution in [0.5, 0.6) is 0 Å². The van der Waals surface area contributed by atoms with Crippen LogP contribution >= 0.6 is 11.6 Å². The normalized spacial score (nSPS) is 20.6. The van der Waals surface area contributed by atoms with E-state index in [0.29, 0.717) is 6.04 Å². The van der Waals surface area contributed by atoms with Gasteiger partial charge in [0.25, 0.3) is 0 Å². The van der Waals surface area contributed by atoms with E-state index in [4.69, 9.17) is 11.6 Å². The van der Waals surface area contributed by atoms with Crippen LogP contribution in [0.3, 0.4) is 0 Å². The lowest BCUT2D eigenvalue weighted by molar-refractivity contribution is 0.647. The first kappa shape index (κ1) is 10.8. The first-order valence-corrected chi connectivity index (χ1v) is 5.77. The monoisotopic (exact) mass is 224 g/mol. The smallest absolute Gasteiger partial charge is 0.0642 e. The molecule has 0 saturated carbocycles. The van der Waals surface area contributed by atoms with Gasteiger partial charge >= 0.3 is 0 Å². The molecule has 15 heavy (non-hydrogen) atoms. The second-order valence-electron chi connectivity index (χ2n) is 4.22. The Bertz CT molecular complexity index is 343. The maximum absolute atomic E-state index is 6.23. The molecule has 1 saturated heterocycles. The summed E-state index contributed by atoms with van der Waals surface area (Å²) in [6.07, 6.45) is 2.46. The zero-order valence-corrected chi connectivity index (χ0v) is 10.0. The summed E-state index contributed by atoms with van der Waals surface area (Å²) in [5, 5.41) is 4.35. The fraction of sp³-hybridized carbons (Fsp3) is 0.500. The molecule has 1 heterocycles. The van der Waals surface area contributed by atoms with Crippen LogP contribution in [0.4, 0.5) is 5.69 Å². The van der Waals surface area contributed by atoms with Crippen LogP contribution < -0.4 is 10.2 Å². The van der Waals surface area contributed by atoms with Crippen molar-refractivity contribution in [2.75, 3.05) is 25.5 Å². The van der Waals surface area contributed by atoms with Gasteiger partial charge in [0.2, 0.25) is 0 Å². The second kappa shape index (κ2) is 4.42. The van der Waals surface area contributed by atoms with Crippen molar-refractivity contribution < 1.29 is 0 Å². The standard InChI is InChI=1S/C12H17ClN2/c1-15(2)12-9(5-3-6-10(12)13)11-7-4-8-14-11/h3,5-6,11,14H,4,7-8H2,1-2H3. The average Bonchev–Trinajstić information content (AvgIpc) is 2.69. The van der Waals surface area contributed by atoms with E-state index in [1.165, 1.54) is 18.4 Å². The zero-order chi connectivity index (χ0) is 10.8. The van der Waals surface area contributed by atoms with Gasteiger partial charge < -0.3 is 10.2 Å². The van der Waals surface area contributed by atoms with Crippen molar-refractivity contribution in [2.24, 2.45) is 0 Å². The molecule has 82 valence electrons. The highest BCUT2D eigenvalue weighted by atomic mass is 35.5. The third kappa shape index (κ3) is 2.11. The van der Waals surface area contributed by atoms with Gasteiger partial charge in [0.1, 0.15) is 0 Å². The number of nitrogens with zero attached hydrogens (tertiary/aromatic N) is 1. The second-order valence-corrected chi connectivity index (χ2v) is 4.63. The average molecular weight is 225 g/mol. The minimum atomic E-state index is 0.473. The molecule has 3 heteroatoms. The molecule has 1 aliphatic heterocycles. The van der Waals surface area contributed by atoms with E-state index in [2.05, 4.69) is 16.3 Å². The van der Waals surface area contributed by atoms with Gasteiger partial charge in [0.15, 0.2) is 0 Å². The topological polar surface area (TPSA) is 15.3 Å². The van der Waals surface area contributed by atoms with Gasteiger partial charge in [-0.3, -0.25) is 0 Å². The molecule has 0 aromatic heterocycles. The number of hydrogen-bond donors (Lipinski definition) is 1. The van der Waals surface area contributed by atoms with E-state index in [1.54, 1.807) is 0 Å². The van der Waals surface area contributed by atoms with Crippen LogP contribution in [-0.2, 0) is 0 Å². The Morgan fingerprint density at radius 1 is 1.40 bits per heavy atom. The molecule has 1 N–H and O–H groups in total. The first-order chi connectivity index (χ1) is 7.20. The fourth-order valence-corrected chi connectivity index (χ4v) is 2.59. The summed E-state index contributed by atoms with van der Waals surface area (Å²) in [6.45, 7) is 1.12.